The first-order chi connectivity index (χ1) is 20.5. The van der Waals surface area contributed by atoms with Gasteiger partial charge in [-0.15, -0.1) is 0 Å². The first-order valence-corrected chi connectivity index (χ1v) is 17.7. The molecule has 6 rings (SSSR count). The van der Waals surface area contributed by atoms with Gasteiger partial charge in [0.2, 0.25) is 11.9 Å². The van der Waals surface area contributed by atoms with Crippen molar-refractivity contribution < 1.29 is 27.4 Å². The fourth-order valence-corrected chi connectivity index (χ4v) is 7.29. The lowest BCUT2D eigenvalue weighted by atomic mass is 9.99. The number of nitrogens with zero attached hydrogens (tertiary/aromatic N) is 5. The molecule has 0 aliphatic carbocycles. The topological polar surface area (TPSA) is 80.1 Å². The molecular weight excluding hydrogens is 587 g/mol. The fraction of sp³-hybridized carbons (Fsp3) is 0.469. The minimum Gasteiger partial charge on any atom is -0.428 e. The monoisotopic (exact) mass is 626 g/mol. The minimum absolute atomic E-state index is 0.0438. The summed E-state index contributed by atoms with van der Waals surface area (Å²) in [5.74, 6) is -0.133. The van der Waals surface area contributed by atoms with Crippen molar-refractivity contribution >= 4 is 25.9 Å². The van der Waals surface area contributed by atoms with Gasteiger partial charge in [0.15, 0.2) is 25.9 Å². The van der Waals surface area contributed by atoms with Crippen LogP contribution in [-0.2, 0) is 10.0 Å². The number of quaternary nitrogens is 1. The van der Waals surface area contributed by atoms with Gasteiger partial charge in [-0.2, -0.15) is 8.78 Å². The number of hydrogen-bond donors (Lipinski definition) is 1. The Hall–Kier alpha value is -3.32. The van der Waals surface area contributed by atoms with Crippen molar-refractivity contribution in [3.63, 3.8) is 0 Å². The van der Waals surface area contributed by atoms with Gasteiger partial charge in [-0.25, -0.2) is 18.8 Å². The van der Waals surface area contributed by atoms with Crippen molar-refractivity contribution in [3.05, 3.63) is 64.9 Å². The lowest BCUT2D eigenvalue weighted by Gasteiger charge is -2.50. The van der Waals surface area contributed by atoms with Crippen molar-refractivity contribution in [2.24, 2.45) is 4.99 Å². The average Bonchev–Trinajstić information content (AvgIpc) is 3.01. The van der Waals surface area contributed by atoms with Crippen LogP contribution in [0.5, 0.6) is 5.75 Å². The predicted octanol–water partition coefficient (Wildman–Crippen LogP) is 5.04. The molecule has 1 N–H and O–H groups in total. The van der Waals surface area contributed by atoms with E-state index >= 15 is 4.39 Å². The van der Waals surface area contributed by atoms with Gasteiger partial charge in [0.1, 0.15) is 29.9 Å². The molecule has 1 unspecified atom stereocenters. The molecular formula is C32H39F3N5O3Si+. The summed E-state index contributed by atoms with van der Waals surface area (Å²) in [5, 5.41) is 11.5. The first kappa shape index (κ1) is 30.7. The summed E-state index contributed by atoms with van der Waals surface area (Å²) in [6, 6.07) is 8.16. The van der Waals surface area contributed by atoms with Crippen LogP contribution in [0.2, 0.25) is 18.1 Å². The van der Waals surface area contributed by atoms with Crippen LogP contribution in [-0.4, -0.2) is 61.9 Å². The molecule has 1 aromatic heterocycles. The Morgan fingerprint density at radius 1 is 1.11 bits per heavy atom. The van der Waals surface area contributed by atoms with E-state index in [1.807, 2.05) is 12.3 Å². The van der Waals surface area contributed by atoms with Crippen LogP contribution in [0.4, 0.5) is 24.5 Å². The molecule has 12 heteroatoms. The highest BCUT2D eigenvalue weighted by atomic mass is 28.4. The van der Waals surface area contributed by atoms with E-state index in [1.54, 1.807) is 32.0 Å². The summed E-state index contributed by atoms with van der Waals surface area (Å²) in [6.07, 6.45) is 4.74. The molecule has 0 saturated carbocycles. The molecule has 44 heavy (non-hydrogen) atoms. The molecule has 3 atom stereocenters. The van der Waals surface area contributed by atoms with Crippen molar-refractivity contribution in [1.29, 1.82) is 0 Å². The van der Waals surface area contributed by atoms with Gasteiger partial charge in [0.25, 0.3) is 0 Å². The number of hydrogen-bond acceptors (Lipinski definition) is 7. The molecule has 4 heterocycles. The second-order valence-corrected chi connectivity index (χ2v) is 18.7. The third-order valence-corrected chi connectivity index (χ3v) is 14.0. The molecule has 234 valence electrons. The molecule has 0 amide bonds. The van der Waals surface area contributed by atoms with E-state index in [9.17, 15) is 13.9 Å². The van der Waals surface area contributed by atoms with Crippen LogP contribution in [0.25, 0.3) is 17.3 Å². The Morgan fingerprint density at radius 3 is 2.45 bits per heavy atom. The van der Waals surface area contributed by atoms with Gasteiger partial charge in [-0.05, 0) is 50.2 Å². The highest BCUT2D eigenvalue weighted by Crippen LogP contribution is 2.57. The SMILES string of the molecule is CC(C)(O)c1ncc(-c2cc3c(cc2F)=N[C@@H]2C[N@@+]4(C=3)c3c(OC(F)F)cccc3N(CCO[Si](C)(C)C(C)(C)C)C24)cn1. The zero-order valence-electron chi connectivity index (χ0n) is 26.1. The van der Waals surface area contributed by atoms with Crippen LogP contribution >= 0.6 is 0 Å². The zero-order valence-corrected chi connectivity index (χ0v) is 27.1. The van der Waals surface area contributed by atoms with Crippen LogP contribution < -0.4 is 24.7 Å². The Bertz CT molecular complexity index is 1720. The van der Waals surface area contributed by atoms with Crippen LogP contribution in [0.1, 0.15) is 40.4 Å². The van der Waals surface area contributed by atoms with Crippen molar-refractivity contribution in [1.82, 2.24) is 14.5 Å². The third kappa shape index (κ3) is 5.01. The van der Waals surface area contributed by atoms with Gasteiger partial charge >= 0.3 is 6.61 Å². The highest BCUT2D eigenvalue weighted by molar-refractivity contribution is 6.74. The van der Waals surface area contributed by atoms with Gasteiger partial charge in [0.05, 0.1) is 17.2 Å². The van der Waals surface area contributed by atoms with E-state index in [0.29, 0.717) is 41.5 Å². The van der Waals surface area contributed by atoms with Gasteiger partial charge < -0.3 is 19.2 Å². The summed E-state index contributed by atoms with van der Waals surface area (Å²) < 4.78 is 54.7. The molecule has 2 bridgehead atoms. The maximum absolute atomic E-state index is 15.5. The van der Waals surface area contributed by atoms with Crippen LogP contribution in [0.15, 0.2) is 47.7 Å². The molecule has 2 aromatic carbocycles. The number of aliphatic hydroxyl groups is 1. The molecule has 3 aliphatic heterocycles. The van der Waals surface area contributed by atoms with Crippen molar-refractivity contribution in [2.45, 2.75) is 77.2 Å². The normalized spacial score (nSPS) is 22.3. The van der Waals surface area contributed by atoms with E-state index in [4.69, 9.17) is 14.2 Å². The van der Waals surface area contributed by atoms with E-state index in [-0.39, 0.29) is 38.9 Å². The van der Waals surface area contributed by atoms with E-state index in [0.717, 1.165) is 5.69 Å². The number of aromatic nitrogens is 2. The van der Waals surface area contributed by atoms with Crippen LogP contribution in [0.3, 0.4) is 0 Å². The Labute approximate surface area is 256 Å². The number of benzene rings is 2. The van der Waals surface area contributed by atoms with E-state index < -0.39 is 26.3 Å². The molecule has 1 fully saturated rings. The predicted molar refractivity (Wildman–Crippen MR) is 166 cm³/mol. The van der Waals surface area contributed by atoms with E-state index in [1.165, 1.54) is 18.5 Å². The molecule has 1 spiro atoms. The standard InChI is InChI=1S/C32H39F3N5O3Si/c1-31(2,3)44(6,7)42-12-11-39-25-9-8-10-26(43-30(34)35)27(25)40-17-19-13-21(20-15-36-29(37-16-20)32(4,5)41)22(33)14-23(19)38-24(18-40)28(39)40/h8-10,13-17,24,28,30,41H,11-12,18H2,1-7H3/q+1/t24-,28?,40+/m1/s1. The van der Waals surface area contributed by atoms with Gasteiger partial charge in [-0.3, -0.25) is 4.99 Å². The summed E-state index contributed by atoms with van der Waals surface area (Å²) in [6.45, 7) is 12.7. The second-order valence-electron chi connectivity index (χ2n) is 13.9. The van der Waals surface area contributed by atoms with Crippen molar-refractivity contribution in [3.8, 4) is 16.9 Å². The number of anilines is 1. The highest BCUT2D eigenvalue weighted by Gasteiger charge is 2.66. The number of halogens is 3. The van der Waals surface area contributed by atoms with Gasteiger partial charge in [-0.1, -0.05) is 26.8 Å². The molecule has 0 radical (unpaired) electrons. The number of rotatable bonds is 8. The summed E-state index contributed by atoms with van der Waals surface area (Å²) >= 11 is 0. The number of para-hydroxylation sites is 1. The third-order valence-electron chi connectivity index (χ3n) is 9.45. The maximum atomic E-state index is 15.5. The smallest absolute Gasteiger partial charge is 0.387 e. The molecule has 3 aliphatic rings. The summed E-state index contributed by atoms with van der Waals surface area (Å²) in [7, 11) is -2.03. The molecule has 8 nitrogen and oxygen atoms in total. The van der Waals surface area contributed by atoms with Crippen LogP contribution in [0, 0.1) is 5.82 Å². The largest absolute Gasteiger partial charge is 0.428 e. The maximum Gasteiger partial charge on any atom is 0.387 e. The van der Waals surface area contributed by atoms with E-state index in [2.05, 4.69) is 48.7 Å². The Kier molecular flexibility index (Phi) is 7.23. The fourth-order valence-electron chi connectivity index (χ4n) is 6.25. The minimum atomic E-state index is -2.98. The Balaban J connectivity index is 1.44. The number of ether oxygens (including phenoxy) is 1. The Morgan fingerprint density at radius 2 is 1.82 bits per heavy atom. The van der Waals surface area contributed by atoms with Crippen molar-refractivity contribution in [2.75, 3.05) is 24.6 Å². The number of fused-ring (bicyclic) bond motifs is 4. The first-order valence-electron chi connectivity index (χ1n) is 14.8. The van der Waals surface area contributed by atoms with Gasteiger partial charge in [0, 0.05) is 36.1 Å². The lowest BCUT2D eigenvalue weighted by Crippen LogP contribution is -2.74. The quantitative estimate of drug-likeness (QED) is 0.279. The average molecular weight is 627 g/mol. The number of alkyl halides is 2. The lowest BCUT2D eigenvalue weighted by molar-refractivity contribution is -0.0506. The zero-order chi connectivity index (χ0) is 31.8. The summed E-state index contributed by atoms with van der Waals surface area (Å²) in [5.41, 5.74) is 0.946. The molecule has 3 aromatic rings. The molecule has 1 saturated heterocycles. The summed E-state index contributed by atoms with van der Waals surface area (Å²) in [4.78, 5) is 15.7. The second kappa shape index (κ2) is 10.4.